The van der Waals surface area contributed by atoms with Crippen LogP contribution in [0.1, 0.15) is 17.5 Å². The zero-order valence-electron chi connectivity index (χ0n) is 15.0. The maximum atomic E-state index is 12.4. The van der Waals surface area contributed by atoms with Crippen LogP contribution in [0.3, 0.4) is 0 Å². The highest BCUT2D eigenvalue weighted by molar-refractivity contribution is 6.04. The summed E-state index contributed by atoms with van der Waals surface area (Å²) in [4.78, 5) is 16.5. The summed E-state index contributed by atoms with van der Waals surface area (Å²) in [6.07, 6.45) is 0. The molecule has 0 atom stereocenters. The molecule has 2 heterocycles. The third-order valence-corrected chi connectivity index (χ3v) is 5.11. The van der Waals surface area contributed by atoms with E-state index in [9.17, 15) is 4.79 Å². The van der Waals surface area contributed by atoms with Crippen molar-refractivity contribution in [2.24, 2.45) is 0 Å². The maximum absolute atomic E-state index is 12.4. The highest BCUT2D eigenvalue weighted by Crippen LogP contribution is 2.21. The number of nitrogens with zero attached hydrogens (tertiary/aromatic N) is 1. The number of anilines is 2. The number of furan rings is 1. The van der Waals surface area contributed by atoms with E-state index < -0.39 is 0 Å². The standard InChI is InChI=1S/C21H23N3O2/c1-2-23-11-13-24(14-12-23)18-9-7-17(8-10-18)22-21(25)20-15-16-5-3-4-6-19(16)26-20/h3-10,15H,2,11-14H2,1H3,(H,22,25)/p+1. The number of hydrogen-bond acceptors (Lipinski definition) is 3. The van der Waals surface area contributed by atoms with E-state index in [1.165, 1.54) is 25.3 Å². The lowest BCUT2D eigenvalue weighted by molar-refractivity contribution is -0.898. The van der Waals surface area contributed by atoms with Crippen molar-refractivity contribution in [1.29, 1.82) is 0 Å². The van der Waals surface area contributed by atoms with Crippen molar-refractivity contribution < 1.29 is 14.1 Å². The van der Waals surface area contributed by atoms with Crippen molar-refractivity contribution in [3.05, 3.63) is 60.4 Å². The molecule has 0 radical (unpaired) electrons. The van der Waals surface area contributed by atoms with Crippen molar-refractivity contribution in [1.82, 2.24) is 0 Å². The molecule has 5 heteroatoms. The fourth-order valence-electron chi connectivity index (χ4n) is 3.48. The molecule has 2 N–H and O–H groups in total. The number of carbonyl (C=O) groups excluding carboxylic acids is 1. The van der Waals surface area contributed by atoms with Gasteiger partial charge in [0.2, 0.25) is 0 Å². The molecule has 0 spiro atoms. The molecule has 4 rings (SSSR count). The second-order valence-electron chi connectivity index (χ2n) is 6.74. The highest BCUT2D eigenvalue weighted by Gasteiger charge is 2.18. The molecule has 1 aliphatic heterocycles. The Kier molecular flexibility index (Phi) is 4.63. The molecular weight excluding hydrogens is 326 g/mol. The van der Waals surface area contributed by atoms with E-state index in [0.29, 0.717) is 5.76 Å². The largest absolute Gasteiger partial charge is 0.451 e. The zero-order chi connectivity index (χ0) is 17.9. The minimum atomic E-state index is -0.228. The van der Waals surface area contributed by atoms with Crippen LogP contribution in [-0.4, -0.2) is 38.6 Å². The summed E-state index contributed by atoms with van der Waals surface area (Å²) in [6, 6.07) is 17.5. The molecule has 26 heavy (non-hydrogen) atoms. The van der Waals surface area contributed by atoms with Crippen molar-refractivity contribution >= 4 is 28.3 Å². The molecule has 1 amide bonds. The predicted octanol–water partition coefficient (Wildman–Crippen LogP) is 2.41. The Morgan fingerprint density at radius 3 is 2.54 bits per heavy atom. The van der Waals surface area contributed by atoms with Crippen LogP contribution in [-0.2, 0) is 0 Å². The first-order valence-electron chi connectivity index (χ1n) is 9.21. The Morgan fingerprint density at radius 1 is 1.12 bits per heavy atom. The minimum absolute atomic E-state index is 0.228. The number of quaternary nitrogens is 1. The van der Waals surface area contributed by atoms with E-state index in [1.54, 1.807) is 11.0 Å². The van der Waals surface area contributed by atoms with Crippen molar-refractivity contribution in [2.75, 3.05) is 42.9 Å². The average molecular weight is 350 g/mol. The van der Waals surface area contributed by atoms with E-state index in [-0.39, 0.29) is 5.91 Å². The number of carbonyl (C=O) groups is 1. The van der Waals surface area contributed by atoms with Gasteiger partial charge in [0.1, 0.15) is 5.58 Å². The molecule has 1 aromatic heterocycles. The molecule has 0 saturated carbocycles. The Labute approximate surface area is 153 Å². The number of rotatable bonds is 4. The van der Waals surface area contributed by atoms with Crippen LogP contribution in [0.15, 0.2) is 59.0 Å². The maximum Gasteiger partial charge on any atom is 0.291 e. The van der Waals surface area contributed by atoms with Gasteiger partial charge in [-0.1, -0.05) is 18.2 Å². The third-order valence-electron chi connectivity index (χ3n) is 5.11. The Hall–Kier alpha value is -2.79. The molecule has 5 nitrogen and oxygen atoms in total. The highest BCUT2D eigenvalue weighted by atomic mass is 16.3. The average Bonchev–Trinajstić information content (AvgIpc) is 3.13. The van der Waals surface area contributed by atoms with E-state index in [0.717, 1.165) is 29.7 Å². The molecule has 1 saturated heterocycles. The number of fused-ring (bicyclic) bond motifs is 1. The second-order valence-corrected chi connectivity index (χ2v) is 6.74. The molecule has 134 valence electrons. The number of likely N-dealkylation sites (N-methyl/N-ethyl adjacent to an activating group) is 1. The van der Waals surface area contributed by atoms with Crippen LogP contribution in [0.4, 0.5) is 11.4 Å². The Morgan fingerprint density at radius 2 is 1.85 bits per heavy atom. The quantitative estimate of drug-likeness (QED) is 0.760. The summed E-state index contributed by atoms with van der Waals surface area (Å²) in [7, 11) is 0. The molecule has 1 aliphatic rings. The van der Waals surface area contributed by atoms with Crippen LogP contribution in [0.5, 0.6) is 0 Å². The van der Waals surface area contributed by atoms with Gasteiger partial charge in [0.15, 0.2) is 5.76 Å². The number of para-hydroxylation sites is 1. The molecular formula is C21H24N3O2+. The van der Waals surface area contributed by atoms with Gasteiger partial charge in [-0.2, -0.15) is 0 Å². The molecule has 0 unspecified atom stereocenters. The number of piperazine rings is 1. The lowest BCUT2D eigenvalue weighted by Gasteiger charge is -2.33. The fourth-order valence-corrected chi connectivity index (χ4v) is 3.48. The van der Waals surface area contributed by atoms with E-state index in [4.69, 9.17) is 4.42 Å². The van der Waals surface area contributed by atoms with Crippen LogP contribution in [0.2, 0.25) is 0 Å². The minimum Gasteiger partial charge on any atom is -0.451 e. The molecule has 0 aliphatic carbocycles. The van der Waals surface area contributed by atoms with Gasteiger partial charge in [-0.25, -0.2) is 0 Å². The summed E-state index contributed by atoms with van der Waals surface area (Å²) in [5.41, 5.74) is 2.71. The molecule has 2 aromatic carbocycles. The first-order valence-corrected chi connectivity index (χ1v) is 9.21. The van der Waals surface area contributed by atoms with Gasteiger partial charge in [-0.05, 0) is 43.3 Å². The number of hydrogen-bond donors (Lipinski definition) is 2. The second kappa shape index (κ2) is 7.22. The predicted molar refractivity (Wildman–Crippen MR) is 104 cm³/mol. The smallest absolute Gasteiger partial charge is 0.291 e. The van der Waals surface area contributed by atoms with Gasteiger partial charge in [-0.3, -0.25) is 4.79 Å². The zero-order valence-corrected chi connectivity index (χ0v) is 15.0. The topological polar surface area (TPSA) is 49.9 Å². The first-order chi connectivity index (χ1) is 12.7. The summed E-state index contributed by atoms with van der Waals surface area (Å²) in [6.45, 7) is 7.95. The Balaban J connectivity index is 1.41. The normalized spacial score (nSPS) is 15.3. The summed E-state index contributed by atoms with van der Waals surface area (Å²) >= 11 is 0. The van der Waals surface area contributed by atoms with Crippen LogP contribution in [0.25, 0.3) is 11.0 Å². The summed E-state index contributed by atoms with van der Waals surface area (Å²) in [5.74, 6) is 0.100. The third kappa shape index (κ3) is 3.44. The van der Waals surface area contributed by atoms with Gasteiger partial charge in [0.25, 0.3) is 5.91 Å². The van der Waals surface area contributed by atoms with Gasteiger partial charge in [0, 0.05) is 16.8 Å². The first kappa shape index (κ1) is 16.7. The van der Waals surface area contributed by atoms with Crippen LogP contribution < -0.4 is 15.1 Å². The summed E-state index contributed by atoms with van der Waals surface area (Å²) in [5, 5.41) is 3.84. The molecule has 0 bridgehead atoms. The van der Waals surface area contributed by atoms with Gasteiger partial charge in [-0.15, -0.1) is 0 Å². The van der Waals surface area contributed by atoms with Crippen molar-refractivity contribution in [3.8, 4) is 0 Å². The fraction of sp³-hybridized carbons (Fsp3) is 0.286. The number of benzene rings is 2. The van der Waals surface area contributed by atoms with Crippen LogP contribution >= 0.6 is 0 Å². The summed E-state index contributed by atoms with van der Waals surface area (Å²) < 4.78 is 5.62. The van der Waals surface area contributed by atoms with Crippen molar-refractivity contribution in [3.63, 3.8) is 0 Å². The Bertz CT molecular complexity index is 860. The lowest BCUT2D eigenvalue weighted by atomic mass is 10.2. The molecule has 1 fully saturated rings. The SMILES string of the molecule is CC[NH+]1CCN(c2ccc(NC(=O)c3cc4ccccc4o3)cc2)CC1. The molecule has 3 aromatic rings. The monoisotopic (exact) mass is 350 g/mol. The van der Waals surface area contributed by atoms with Gasteiger partial charge < -0.3 is 19.5 Å². The van der Waals surface area contributed by atoms with E-state index in [1.807, 2.05) is 36.4 Å². The van der Waals surface area contributed by atoms with Crippen molar-refractivity contribution in [2.45, 2.75) is 6.92 Å². The van der Waals surface area contributed by atoms with Crippen LogP contribution in [0, 0.1) is 0 Å². The number of amides is 1. The van der Waals surface area contributed by atoms with Gasteiger partial charge in [0.05, 0.1) is 32.7 Å². The van der Waals surface area contributed by atoms with E-state index in [2.05, 4.69) is 29.3 Å². The number of nitrogens with one attached hydrogen (secondary N) is 2. The lowest BCUT2D eigenvalue weighted by Crippen LogP contribution is -3.14. The van der Waals surface area contributed by atoms with Gasteiger partial charge >= 0.3 is 0 Å². The van der Waals surface area contributed by atoms with E-state index >= 15 is 0 Å².